The summed E-state index contributed by atoms with van der Waals surface area (Å²) in [4.78, 5) is 11.9. The zero-order chi connectivity index (χ0) is 19.5. The van der Waals surface area contributed by atoms with Crippen LogP contribution in [-0.4, -0.2) is 27.0 Å². The second kappa shape index (κ2) is 8.13. The minimum Gasteiger partial charge on any atom is -0.462 e. The summed E-state index contributed by atoms with van der Waals surface area (Å²) in [6.45, 7) is 2.45. The highest BCUT2D eigenvalue weighted by molar-refractivity contribution is 9.10. The highest BCUT2D eigenvalue weighted by Crippen LogP contribution is 2.27. The predicted molar refractivity (Wildman–Crippen MR) is 96.3 cm³/mol. The van der Waals surface area contributed by atoms with Crippen LogP contribution in [0.4, 0.5) is 14.5 Å². The zero-order valence-corrected chi connectivity index (χ0v) is 16.4. The fourth-order valence-corrected chi connectivity index (χ4v) is 3.82. The monoisotopic (exact) mass is 447 g/mol. The van der Waals surface area contributed by atoms with Crippen LogP contribution in [0, 0.1) is 11.6 Å². The number of benzene rings is 2. The first-order valence-electron chi connectivity index (χ1n) is 7.54. The van der Waals surface area contributed by atoms with Gasteiger partial charge in [0.15, 0.2) is 0 Å². The summed E-state index contributed by atoms with van der Waals surface area (Å²) in [7, 11) is -4.29. The van der Waals surface area contributed by atoms with Crippen LogP contribution in [0.3, 0.4) is 0 Å². The van der Waals surface area contributed by atoms with E-state index in [-0.39, 0.29) is 4.90 Å². The minimum absolute atomic E-state index is 0.151. The second-order valence-electron chi connectivity index (χ2n) is 5.60. The summed E-state index contributed by atoms with van der Waals surface area (Å²) in [6.07, 6.45) is -0.474. The fourth-order valence-electron chi connectivity index (χ4n) is 2.13. The van der Waals surface area contributed by atoms with Crippen molar-refractivity contribution in [1.29, 1.82) is 0 Å². The fraction of sp³-hybridized carbons (Fsp3) is 0.235. The van der Waals surface area contributed by atoms with Crippen LogP contribution < -0.4 is 4.31 Å². The Balaban J connectivity index is 2.52. The van der Waals surface area contributed by atoms with Gasteiger partial charge in [-0.05, 0) is 50.2 Å². The largest absolute Gasteiger partial charge is 0.462 e. The Morgan fingerprint density at radius 1 is 1.15 bits per heavy atom. The molecule has 0 spiro atoms. The molecule has 2 aromatic carbocycles. The Kier molecular flexibility index (Phi) is 6.35. The molecule has 0 aromatic heterocycles. The maximum atomic E-state index is 14.2. The van der Waals surface area contributed by atoms with E-state index in [1.54, 1.807) is 13.8 Å². The number of hydrogen-bond acceptors (Lipinski definition) is 4. The minimum atomic E-state index is -4.29. The van der Waals surface area contributed by atoms with Gasteiger partial charge in [-0.25, -0.2) is 17.2 Å². The van der Waals surface area contributed by atoms with E-state index in [0.29, 0.717) is 14.8 Å². The molecule has 0 aliphatic rings. The van der Waals surface area contributed by atoms with Crippen molar-refractivity contribution in [2.45, 2.75) is 24.8 Å². The topological polar surface area (TPSA) is 63.7 Å². The number of esters is 1. The SMILES string of the molecule is CC(C)OC(=O)CN(c1ccc(F)cc1F)S(=O)(=O)c1ccc(Br)cc1. The van der Waals surface area contributed by atoms with Gasteiger partial charge in [-0.3, -0.25) is 9.10 Å². The highest BCUT2D eigenvalue weighted by atomic mass is 79.9. The Morgan fingerprint density at radius 3 is 2.31 bits per heavy atom. The molecule has 0 bridgehead atoms. The number of carbonyl (C=O) groups is 1. The first-order valence-corrected chi connectivity index (χ1v) is 9.77. The Hall–Kier alpha value is -2.00. The lowest BCUT2D eigenvalue weighted by molar-refractivity contribution is -0.145. The molecule has 0 N–H and O–H groups in total. The molecule has 2 aromatic rings. The molecule has 0 amide bonds. The van der Waals surface area contributed by atoms with Crippen LogP contribution in [0.2, 0.25) is 0 Å². The van der Waals surface area contributed by atoms with E-state index in [1.165, 1.54) is 24.3 Å². The Labute approximate surface area is 158 Å². The van der Waals surface area contributed by atoms with Crippen molar-refractivity contribution in [3.05, 3.63) is 58.6 Å². The lowest BCUT2D eigenvalue weighted by atomic mass is 10.3. The van der Waals surface area contributed by atoms with Gasteiger partial charge in [-0.1, -0.05) is 15.9 Å². The molecule has 5 nitrogen and oxygen atoms in total. The van der Waals surface area contributed by atoms with E-state index in [1.807, 2.05) is 0 Å². The molecule has 140 valence electrons. The molecule has 9 heteroatoms. The molecule has 0 fully saturated rings. The van der Waals surface area contributed by atoms with Crippen molar-refractivity contribution >= 4 is 37.6 Å². The number of hydrogen-bond donors (Lipinski definition) is 0. The predicted octanol–water partition coefficient (Wildman–Crippen LogP) is 3.87. The molecule has 0 unspecified atom stereocenters. The van der Waals surface area contributed by atoms with Gasteiger partial charge in [-0.15, -0.1) is 0 Å². The number of halogens is 3. The molecule has 0 aliphatic heterocycles. The lowest BCUT2D eigenvalue weighted by Gasteiger charge is -2.24. The number of anilines is 1. The smallest absolute Gasteiger partial charge is 0.327 e. The van der Waals surface area contributed by atoms with E-state index < -0.39 is 46.0 Å². The summed E-state index contributed by atoms with van der Waals surface area (Å²) in [6, 6.07) is 8.04. The number of nitrogens with zero attached hydrogens (tertiary/aromatic N) is 1. The van der Waals surface area contributed by atoms with Gasteiger partial charge >= 0.3 is 5.97 Å². The van der Waals surface area contributed by atoms with E-state index in [0.717, 1.165) is 12.1 Å². The average molecular weight is 448 g/mol. The van der Waals surface area contributed by atoms with Crippen LogP contribution in [0.5, 0.6) is 0 Å². The summed E-state index contributed by atoms with van der Waals surface area (Å²) < 4.78 is 59.5. The van der Waals surface area contributed by atoms with Gasteiger partial charge in [0.05, 0.1) is 16.7 Å². The summed E-state index contributed by atoms with van der Waals surface area (Å²) >= 11 is 3.20. The summed E-state index contributed by atoms with van der Waals surface area (Å²) in [5.74, 6) is -2.83. The van der Waals surface area contributed by atoms with Crippen LogP contribution in [0.25, 0.3) is 0 Å². The Morgan fingerprint density at radius 2 is 1.77 bits per heavy atom. The van der Waals surface area contributed by atoms with Gasteiger partial charge < -0.3 is 4.74 Å². The van der Waals surface area contributed by atoms with Gasteiger partial charge in [0.1, 0.15) is 18.2 Å². The van der Waals surface area contributed by atoms with Crippen LogP contribution in [0.15, 0.2) is 51.8 Å². The summed E-state index contributed by atoms with van der Waals surface area (Å²) in [5.41, 5.74) is -0.449. The molecular weight excluding hydrogens is 432 g/mol. The zero-order valence-electron chi connectivity index (χ0n) is 13.9. The van der Waals surface area contributed by atoms with Gasteiger partial charge in [-0.2, -0.15) is 0 Å². The van der Waals surface area contributed by atoms with Gasteiger partial charge in [0.2, 0.25) is 0 Å². The van der Waals surface area contributed by atoms with Crippen molar-refractivity contribution in [3.8, 4) is 0 Å². The van der Waals surface area contributed by atoms with E-state index in [9.17, 15) is 22.0 Å². The van der Waals surface area contributed by atoms with Crippen molar-refractivity contribution < 1.29 is 26.7 Å². The van der Waals surface area contributed by atoms with Crippen molar-refractivity contribution in [3.63, 3.8) is 0 Å². The molecule has 0 saturated carbocycles. The van der Waals surface area contributed by atoms with Gasteiger partial charge in [0.25, 0.3) is 10.0 Å². The van der Waals surface area contributed by atoms with Crippen LogP contribution >= 0.6 is 15.9 Å². The molecule has 0 heterocycles. The molecule has 0 aliphatic carbocycles. The van der Waals surface area contributed by atoms with E-state index >= 15 is 0 Å². The third kappa shape index (κ3) is 4.79. The molecule has 2 rings (SSSR count). The number of rotatable bonds is 6. The molecule has 26 heavy (non-hydrogen) atoms. The first-order chi connectivity index (χ1) is 12.1. The number of ether oxygens (including phenoxy) is 1. The number of carbonyl (C=O) groups excluding carboxylic acids is 1. The molecule has 0 atom stereocenters. The Bertz CT molecular complexity index is 901. The highest BCUT2D eigenvalue weighted by Gasteiger charge is 2.30. The van der Waals surface area contributed by atoms with Gasteiger partial charge in [0, 0.05) is 10.5 Å². The van der Waals surface area contributed by atoms with E-state index in [4.69, 9.17) is 4.74 Å². The molecular formula is C17H16BrF2NO4S. The normalized spacial score (nSPS) is 11.5. The summed E-state index contributed by atoms with van der Waals surface area (Å²) in [5, 5.41) is 0. The second-order valence-corrected chi connectivity index (χ2v) is 8.38. The number of sulfonamides is 1. The maximum absolute atomic E-state index is 14.2. The van der Waals surface area contributed by atoms with Crippen molar-refractivity contribution in [2.75, 3.05) is 10.8 Å². The van der Waals surface area contributed by atoms with Crippen molar-refractivity contribution in [2.24, 2.45) is 0 Å². The van der Waals surface area contributed by atoms with Crippen molar-refractivity contribution in [1.82, 2.24) is 0 Å². The average Bonchev–Trinajstić information content (AvgIpc) is 2.53. The molecule has 0 radical (unpaired) electrons. The first kappa shape index (κ1) is 20.3. The van der Waals surface area contributed by atoms with Crippen LogP contribution in [0.1, 0.15) is 13.8 Å². The quantitative estimate of drug-likeness (QED) is 0.630. The van der Waals surface area contributed by atoms with E-state index in [2.05, 4.69) is 15.9 Å². The third-order valence-electron chi connectivity index (χ3n) is 3.22. The van der Waals surface area contributed by atoms with Crippen LogP contribution in [-0.2, 0) is 19.6 Å². The standard InChI is InChI=1S/C17H16BrF2NO4S/c1-11(2)25-17(22)10-21(16-8-5-13(19)9-15(16)20)26(23,24)14-6-3-12(18)4-7-14/h3-9,11H,10H2,1-2H3. The molecule has 0 saturated heterocycles. The third-order valence-corrected chi connectivity index (χ3v) is 5.52. The lowest BCUT2D eigenvalue weighted by Crippen LogP contribution is -2.37. The maximum Gasteiger partial charge on any atom is 0.327 e.